The Balaban J connectivity index is 2.04. The van der Waals surface area contributed by atoms with Gasteiger partial charge in [-0.25, -0.2) is 0 Å². The fourth-order valence-corrected chi connectivity index (χ4v) is 2.58. The molecular formula is C20H26. The molecule has 2 rings (SSSR count). The van der Waals surface area contributed by atoms with E-state index in [2.05, 4.69) is 77.1 Å². The van der Waals surface area contributed by atoms with Gasteiger partial charge in [0.15, 0.2) is 0 Å². The summed E-state index contributed by atoms with van der Waals surface area (Å²) >= 11 is 0. The molecule has 0 aliphatic carbocycles. The van der Waals surface area contributed by atoms with Gasteiger partial charge in [0.25, 0.3) is 0 Å². The van der Waals surface area contributed by atoms with E-state index in [1.165, 1.54) is 27.8 Å². The van der Waals surface area contributed by atoms with Crippen LogP contribution in [0.25, 0.3) is 0 Å². The highest BCUT2D eigenvalue weighted by Crippen LogP contribution is 2.22. The number of hydrogen-bond acceptors (Lipinski definition) is 0. The monoisotopic (exact) mass is 266 g/mol. The van der Waals surface area contributed by atoms with Gasteiger partial charge in [0.2, 0.25) is 0 Å². The van der Waals surface area contributed by atoms with E-state index in [1.54, 1.807) is 0 Å². The lowest BCUT2D eigenvalue weighted by molar-refractivity contribution is 0.590. The maximum absolute atomic E-state index is 2.28. The number of benzene rings is 2. The van der Waals surface area contributed by atoms with Gasteiger partial charge in [0, 0.05) is 0 Å². The highest BCUT2D eigenvalue weighted by molar-refractivity contribution is 5.32. The molecule has 0 fully saturated rings. The molecule has 20 heavy (non-hydrogen) atoms. The Morgan fingerprint density at radius 2 is 1.45 bits per heavy atom. The van der Waals surface area contributed by atoms with E-state index in [0.717, 1.165) is 12.8 Å². The van der Waals surface area contributed by atoms with Crippen molar-refractivity contribution < 1.29 is 0 Å². The summed E-state index contributed by atoms with van der Waals surface area (Å²) in [5, 5.41) is 0. The Hall–Kier alpha value is -1.56. The van der Waals surface area contributed by atoms with Gasteiger partial charge in [-0.05, 0) is 54.4 Å². The first-order valence-electron chi connectivity index (χ1n) is 7.52. The smallest absolute Gasteiger partial charge is 0.0132 e. The van der Waals surface area contributed by atoms with E-state index in [1.807, 2.05) is 0 Å². The lowest BCUT2D eigenvalue weighted by Crippen LogP contribution is -2.10. The van der Waals surface area contributed by atoms with E-state index >= 15 is 0 Å². The molecule has 0 heteroatoms. The summed E-state index contributed by atoms with van der Waals surface area (Å²) < 4.78 is 0. The minimum Gasteiger partial charge on any atom is -0.0590 e. The molecule has 2 aromatic rings. The maximum atomic E-state index is 2.28. The van der Waals surface area contributed by atoms with Crippen molar-refractivity contribution >= 4 is 0 Å². The van der Waals surface area contributed by atoms with Crippen LogP contribution in [-0.2, 0) is 18.3 Å². The Labute approximate surface area is 123 Å². The summed E-state index contributed by atoms with van der Waals surface area (Å²) in [4.78, 5) is 0. The van der Waals surface area contributed by atoms with Crippen molar-refractivity contribution in [2.24, 2.45) is 0 Å². The van der Waals surface area contributed by atoms with Crippen molar-refractivity contribution in [3.8, 4) is 0 Å². The predicted octanol–water partition coefficient (Wildman–Crippen LogP) is 5.39. The van der Waals surface area contributed by atoms with E-state index in [-0.39, 0.29) is 5.41 Å². The lowest BCUT2D eigenvalue weighted by Gasteiger charge is -2.19. The zero-order chi connectivity index (χ0) is 14.8. The van der Waals surface area contributed by atoms with Gasteiger partial charge in [-0.2, -0.15) is 0 Å². The van der Waals surface area contributed by atoms with Crippen LogP contribution in [0.15, 0.2) is 42.5 Å². The predicted molar refractivity (Wildman–Crippen MR) is 88.5 cm³/mol. The highest BCUT2D eigenvalue weighted by atomic mass is 14.2. The van der Waals surface area contributed by atoms with Gasteiger partial charge in [0.1, 0.15) is 0 Å². The van der Waals surface area contributed by atoms with Crippen LogP contribution >= 0.6 is 0 Å². The van der Waals surface area contributed by atoms with Crippen LogP contribution in [-0.4, -0.2) is 0 Å². The molecular weight excluding hydrogens is 240 g/mol. The van der Waals surface area contributed by atoms with Crippen molar-refractivity contribution in [3.05, 3.63) is 70.3 Å². The molecule has 2 aromatic carbocycles. The summed E-state index contributed by atoms with van der Waals surface area (Å²) in [6.07, 6.45) is 2.25. The third-order valence-electron chi connectivity index (χ3n) is 4.00. The van der Waals surface area contributed by atoms with Crippen molar-refractivity contribution in [2.45, 2.75) is 52.9 Å². The second-order valence-electron chi connectivity index (χ2n) is 6.88. The van der Waals surface area contributed by atoms with Gasteiger partial charge >= 0.3 is 0 Å². The zero-order valence-electron chi connectivity index (χ0n) is 13.5. The second-order valence-corrected chi connectivity index (χ2v) is 6.88. The molecule has 0 saturated carbocycles. The first kappa shape index (κ1) is 14.8. The standard InChI is InChI=1S/C20H26/c1-15-6-10-18(16(2)14-15)11-7-17-8-12-19(13-9-17)20(3,4)5/h6,8-10,12-14H,7,11H2,1-5H3. The normalized spacial score (nSPS) is 11.7. The molecule has 0 nitrogen and oxygen atoms in total. The Morgan fingerprint density at radius 3 is 2.00 bits per heavy atom. The molecule has 0 aliphatic rings. The molecule has 0 aromatic heterocycles. The van der Waals surface area contributed by atoms with Crippen molar-refractivity contribution in [2.75, 3.05) is 0 Å². The van der Waals surface area contributed by atoms with E-state index in [9.17, 15) is 0 Å². The molecule has 0 aliphatic heterocycles. The Bertz CT molecular complexity index is 568. The van der Waals surface area contributed by atoms with E-state index in [4.69, 9.17) is 0 Å². The molecule has 106 valence electrons. The Morgan fingerprint density at radius 1 is 0.800 bits per heavy atom. The van der Waals surface area contributed by atoms with Crippen LogP contribution in [0.1, 0.15) is 48.6 Å². The van der Waals surface area contributed by atoms with Crippen LogP contribution in [0.3, 0.4) is 0 Å². The van der Waals surface area contributed by atoms with Crippen molar-refractivity contribution in [1.82, 2.24) is 0 Å². The van der Waals surface area contributed by atoms with Crippen LogP contribution in [0.5, 0.6) is 0 Å². The summed E-state index contributed by atoms with van der Waals surface area (Å²) in [6, 6.07) is 15.9. The van der Waals surface area contributed by atoms with Crippen LogP contribution in [0, 0.1) is 13.8 Å². The molecule has 0 spiro atoms. The average molecular weight is 266 g/mol. The Kier molecular flexibility index (Phi) is 4.32. The third kappa shape index (κ3) is 3.72. The number of hydrogen-bond donors (Lipinski definition) is 0. The van der Waals surface area contributed by atoms with Crippen LogP contribution in [0.4, 0.5) is 0 Å². The summed E-state index contributed by atoms with van der Waals surface area (Å²) in [5.41, 5.74) is 7.31. The minimum absolute atomic E-state index is 0.242. The first-order chi connectivity index (χ1) is 9.36. The first-order valence-corrected chi connectivity index (χ1v) is 7.52. The maximum Gasteiger partial charge on any atom is -0.0132 e. The molecule has 0 bridgehead atoms. The second kappa shape index (κ2) is 5.83. The molecule has 0 radical (unpaired) electrons. The molecule has 0 N–H and O–H groups in total. The molecule has 0 heterocycles. The van der Waals surface area contributed by atoms with E-state index < -0.39 is 0 Å². The van der Waals surface area contributed by atoms with Gasteiger partial charge in [0.05, 0.1) is 0 Å². The SMILES string of the molecule is Cc1ccc(CCc2ccc(C(C)(C)C)cc2)c(C)c1. The highest BCUT2D eigenvalue weighted by Gasteiger charge is 2.12. The molecule has 0 atom stereocenters. The zero-order valence-corrected chi connectivity index (χ0v) is 13.5. The van der Waals surface area contributed by atoms with E-state index in [0.29, 0.717) is 0 Å². The minimum atomic E-state index is 0.242. The van der Waals surface area contributed by atoms with Gasteiger partial charge in [-0.1, -0.05) is 68.8 Å². The number of rotatable bonds is 3. The van der Waals surface area contributed by atoms with Gasteiger partial charge in [-0.15, -0.1) is 0 Å². The fourth-order valence-electron chi connectivity index (χ4n) is 2.58. The number of aryl methyl sites for hydroxylation is 4. The molecule has 0 amide bonds. The average Bonchev–Trinajstić information content (AvgIpc) is 2.37. The van der Waals surface area contributed by atoms with Gasteiger partial charge in [-0.3, -0.25) is 0 Å². The summed E-state index contributed by atoms with van der Waals surface area (Å²) in [5.74, 6) is 0. The van der Waals surface area contributed by atoms with Crippen LogP contribution in [0.2, 0.25) is 0 Å². The summed E-state index contributed by atoms with van der Waals surface area (Å²) in [7, 11) is 0. The van der Waals surface area contributed by atoms with Gasteiger partial charge < -0.3 is 0 Å². The summed E-state index contributed by atoms with van der Waals surface area (Å²) in [6.45, 7) is 11.2. The fraction of sp³-hybridized carbons (Fsp3) is 0.400. The molecule has 0 saturated heterocycles. The topological polar surface area (TPSA) is 0 Å². The van der Waals surface area contributed by atoms with Crippen LogP contribution < -0.4 is 0 Å². The van der Waals surface area contributed by atoms with Crippen molar-refractivity contribution in [1.29, 1.82) is 0 Å². The lowest BCUT2D eigenvalue weighted by atomic mass is 9.86. The largest absolute Gasteiger partial charge is 0.0590 e. The third-order valence-corrected chi connectivity index (χ3v) is 4.00. The molecule has 0 unspecified atom stereocenters. The quantitative estimate of drug-likeness (QED) is 0.699. The van der Waals surface area contributed by atoms with Crippen molar-refractivity contribution in [3.63, 3.8) is 0 Å².